The Kier molecular flexibility index (Phi) is 8.73. The van der Waals surface area contributed by atoms with Crippen molar-refractivity contribution in [3.8, 4) is 0 Å². The van der Waals surface area contributed by atoms with Crippen molar-refractivity contribution in [1.82, 2.24) is 0 Å². The molecule has 1 aliphatic rings. The Morgan fingerprint density at radius 2 is 1.55 bits per heavy atom. The van der Waals surface area contributed by atoms with Crippen LogP contribution in [0.15, 0.2) is 4.42 Å². The number of hydrogen-bond donors (Lipinski definition) is 1. The number of furan rings is 1. The first-order chi connectivity index (χ1) is 13.9. The number of rotatable bonds is 9. The maximum Gasteiger partial charge on any atom is 0.344 e. The van der Waals surface area contributed by atoms with E-state index in [1.165, 1.54) is 19.3 Å². The summed E-state index contributed by atoms with van der Waals surface area (Å²) in [6.07, 6.45) is 7.35. The van der Waals surface area contributed by atoms with E-state index in [9.17, 15) is 14.4 Å². The van der Waals surface area contributed by atoms with E-state index in [1.54, 1.807) is 20.8 Å². The number of carbonyl (C=O) groups excluding carboxylic acids is 3. The lowest BCUT2D eigenvalue weighted by molar-refractivity contribution is -0.121. The van der Waals surface area contributed by atoms with E-state index in [0.717, 1.165) is 25.7 Å². The van der Waals surface area contributed by atoms with E-state index in [-0.39, 0.29) is 47.8 Å². The monoisotopic (exact) mass is 407 g/mol. The summed E-state index contributed by atoms with van der Waals surface area (Å²) in [5.41, 5.74) is -0.0725. The molecule has 7 nitrogen and oxygen atoms in total. The van der Waals surface area contributed by atoms with Crippen molar-refractivity contribution in [1.29, 1.82) is 0 Å². The summed E-state index contributed by atoms with van der Waals surface area (Å²) in [4.78, 5) is 37.6. The number of aryl methyl sites for hydroxylation is 1. The van der Waals surface area contributed by atoms with Crippen molar-refractivity contribution in [2.45, 2.75) is 72.6 Å². The van der Waals surface area contributed by atoms with Gasteiger partial charge >= 0.3 is 11.9 Å². The van der Waals surface area contributed by atoms with Crippen molar-refractivity contribution in [3.63, 3.8) is 0 Å². The van der Waals surface area contributed by atoms with Gasteiger partial charge in [-0.1, -0.05) is 26.2 Å². The molecule has 0 saturated heterocycles. The molecule has 29 heavy (non-hydrogen) atoms. The van der Waals surface area contributed by atoms with Crippen LogP contribution >= 0.6 is 0 Å². The third-order valence-corrected chi connectivity index (χ3v) is 5.46. The zero-order valence-electron chi connectivity index (χ0n) is 18.0. The van der Waals surface area contributed by atoms with Crippen LogP contribution in [0.5, 0.6) is 0 Å². The van der Waals surface area contributed by atoms with Gasteiger partial charge < -0.3 is 13.9 Å². The Hall–Kier alpha value is -2.31. The fourth-order valence-electron chi connectivity index (χ4n) is 3.90. The molecule has 0 spiro atoms. The van der Waals surface area contributed by atoms with Crippen LogP contribution in [0.3, 0.4) is 0 Å². The van der Waals surface area contributed by atoms with E-state index in [4.69, 9.17) is 13.9 Å². The molecule has 0 aromatic carbocycles. The third kappa shape index (κ3) is 5.84. The lowest BCUT2D eigenvalue weighted by Crippen LogP contribution is -2.28. The van der Waals surface area contributed by atoms with Crippen LogP contribution in [0.4, 0.5) is 5.88 Å². The average Bonchev–Trinajstić information content (AvgIpc) is 3.02. The normalized spacial score (nSPS) is 18.9. The van der Waals surface area contributed by atoms with Gasteiger partial charge in [-0.05, 0) is 52.4 Å². The van der Waals surface area contributed by atoms with E-state index in [2.05, 4.69) is 12.2 Å². The molecule has 0 unspecified atom stereocenters. The highest BCUT2D eigenvalue weighted by Crippen LogP contribution is 2.34. The van der Waals surface area contributed by atoms with Crippen molar-refractivity contribution >= 4 is 23.7 Å². The van der Waals surface area contributed by atoms with Gasteiger partial charge in [-0.25, -0.2) is 9.59 Å². The van der Waals surface area contributed by atoms with E-state index in [1.807, 2.05) is 0 Å². The van der Waals surface area contributed by atoms with E-state index >= 15 is 0 Å². The molecular weight excluding hydrogens is 374 g/mol. The quantitative estimate of drug-likeness (QED) is 0.587. The molecule has 0 radical (unpaired) electrons. The lowest BCUT2D eigenvalue weighted by atomic mass is 9.79. The molecule has 1 aromatic heterocycles. The number of hydrogen-bond acceptors (Lipinski definition) is 6. The van der Waals surface area contributed by atoms with Gasteiger partial charge in [0.05, 0.1) is 13.2 Å². The maximum absolute atomic E-state index is 12.8. The van der Waals surface area contributed by atoms with Gasteiger partial charge in [0.25, 0.3) is 0 Å². The Morgan fingerprint density at radius 1 is 0.966 bits per heavy atom. The smallest absolute Gasteiger partial charge is 0.344 e. The number of amides is 1. The van der Waals surface area contributed by atoms with Crippen LogP contribution in [-0.2, 0) is 14.3 Å². The van der Waals surface area contributed by atoms with Crippen molar-refractivity contribution in [2.24, 2.45) is 11.8 Å². The largest absolute Gasteiger partial charge is 0.462 e. The van der Waals surface area contributed by atoms with Crippen LogP contribution in [0.1, 0.15) is 92.2 Å². The molecular formula is C22H33NO6. The van der Waals surface area contributed by atoms with Crippen molar-refractivity contribution < 1.29 is 28.3 Å². The highest BCUT2D eigenvalue weighted by Gasteiger charge is 2.33. The fourth-order valence-corrected chi connectivity index (χ4v) is 3.90. The molecule has 0 bridgehead atoms. The molecule has 7 heteroatoms. The average molecular weight is 408 g/mol. The minimum Gasteiger partial charge on any atom is -0.462 e. The van der Waals surface area contributed by atoms with Crippen molar-refractivity contribution in [2.75, 3.05) is 18.5 Å². The second-order valence-corrected chi connectivity index (χ2v) is 7.53. The van der Waals surface area contributed by atoms with Crippen molar-refractivity contribution in [3.05, 3.63) is 16.9 Å². The second kappa shape index (κ2) is 11.0. The number of nitrogens with one attached hydrogen (secondary N) is 1. The summed E-state index contributed by atoms with van der Waals surface area (Å²) >= 11 is 0. The maximum atomic E-state index is 12.8. The standard InChI is InChI=1S/C22H33NO6/c1-5-8-9-15-10-12-16(13-11-15)19(24)23-20-18(22(26)28-7-3)17(14(4)29-20)21(25)27-6-2/h15-16H,5-13H2,1-4H3,(H,23,24). The van der Waals surface area contributed by atoms with Gasteiger partial charge in [-0.3, -0.25) is 10.1 Å². The fraction of sp³-hybridized carbons (Fsp3) is 0.682. The zero-order chi connectivity index (χ0) is 21.4. The van der Waals surface area contributed by atoms with E-state index in [0.29, 0.717) is 5.92 Å². The zero-order valence-corrected chi connectivity index (χ0v) is 18.0. The summed E-state index contributed by atoms with van der Waals surface area (Å²) < 4.78 is 15.7. The van der Waals surface area contributed by atoms with Gasteiger partial charge in [0.1, 0.15) is 16.9 Å². The molecule has 1 aliphatic carbocycles. The first kappa shape index (κ1) is 23.0. The van der Waals surface area contributed by atoms with Crippen LogP contribution in [-0.4, -0.2) is 31.1 Å². The molecule has 0 atom stereocenters. The Balaban J connectivity index is 2.15. The Morgan fingerprint density at radius 3 is 2.10 bits per heavy atom. The molecule has 1 saturated carbocycles. The van der Waals surface area contributed by atoms with Gasteiger partial charge in [0, 0.05) is 5.92 Å². The number of esters is 2. The lowest BCUT2D eigenvalue weighted by Gasteiger charge is -2.27. The summed E-state index contributed by atoms with van der Waals surface area (Å²) in [7, 11) is 0. The van der Waals surface area contributed by atoms with Gasteiger partial charge in [-0.2, -0.15) is 0 Å². The predicted octanol–water partition coefficient (Wildman–Crippen LogP) is 4.88. The summed E-state index contributed by atoms with van der Waals surface area (Å²) in [5, 5.41) is 2.72. The Labute approximate surface area is 172 Å². The highest BCUT2D eigenvalue weighted by molar-refractivity contribution is 6.09. The molecule has 1 amide bonds. The van der Waals surface area contributed by atoms with Crippen LogP contribution in [0.25, 0.3) is 0 Å². The molecule has 1 heterocycles. The summed E-state index contributed by atoms with van der Waals surface area (Å²) in [6, 6.07) is 0. The van der Waals surface area contributed by atoms with Crippen LogP contribution in [0, 0.1) is 18.8 Å². The number of ether oxygens (including phenoxy) is 2. The first-order valence-corrected chi connectivity index (χ1v) is 10.7. The third-order valence-electron chi connectivity index (χ3n) is 5.46. The highest BCUT2D eigenvalue weighted by atomic mass is 16.5. The minimum atomic E-state index is -0.717. The molecule has 1 N–H and O–H groups in total. The minimum absolute atomic E-state index is 0.00359. The number of anilines is 1. The topological polar surface area (TPSA) is 94.8 Å². The molecule has 0 aliphatic heterocycles. The van der Waals surface area contributed by atoms with Gasteiger partial charge in [0.15, 0.2) is 0 Å². The predicted molar refractivity (Wildman–Crippen MR) is 109 cm³/mol. The van der Waals surface area contributed by atoms with E-state index < -0.39 is 11.9 Å². The molecule has 1 fully saturated rings. The second-order valence-electron chi connectivity index (χ2n) is 7.53. The number of unbranched alkanes of at least 4 members (excludes halogenated alkanes) is 1. The van der Waals surface area contributed by atoms with Crippen LogP contribution < -0.4 is 5.32 Å². The van der Waals surface area contributed by atoms with Gasteiger partial charge in [-0.15, -0.1) is 0 Å². The SMILES string of the molecule is CCCCC1CCC(C(=O)Nc2oc(C)c(C(=O)OCC)c2C(=O)OCC)CC1. The molecule has 1 aromatic rings. The van der Waals surface area contributed by atoms with Gasteiger partial charge in [0.2, 0.25) is 11.8 Å². The summed E-state index contributed by atoms with van der Waals surface area (Å²) in [6.45, 7) is 7.40. The molecule has 162 valence electrons. The van der Waals surface area contributed by atoms with Crippen LogP contribution in [0.2, 0.25) is 0 Å². The number of carbonyl (C=O) groups is 3. The first-order valence-electron chi connectivity index (χ1n) is 10.7. The Bertz CT molecular complexity index is 715. The molecule has 2 rings (SSSR count). The summed E-state index contributed by atoms with van der Waals surface area (Å²) in [5.74, 6) is -0.838.